The fourth-order valence-electron chi connectivity index (χ4n) is 4.71. The summed E-state index contributed by atoms with van der Waals surface area (Å²) in [5.41, 5.74) is 9.88. The fourth-order valence-corrected chi connectivity index (χ4v) is 4.71. The van der Waals surface area contributed by atoms with Crippen LogP contribution in [0.15, 0.2) is 66.9 Å². The number of benzene rings is 2. The first-order valence-electron chi connectivity index (χ1n) is 12.8. The molecular formula is C30H35N5O3. The Labute approximate surface area is 223 Å². The third-order valence-corrected chi connectivity index (χ3v) is 6.67. The first-order valence-corrected chi connectivity index (χ1v) is 12.8. The van der Waals surface area contributed by atoms with Gasteiger partial charge in [0.2, 0.25) is 17.7 Å². The predicted octanol–water partition coefficient (Wildman–Crippen LogP) is 3.91. The molecule has 0 fully saturated rings. The van der Waals surface area contributed by atoms with Crippen LogP contribution in [0.25, 0.3) is 0 Å². The lowest BCUT2D eigenvalue weighted by Gasteiger charge is -2.29. The predicted molar refractivity (Wildman–Crippen MR) is 148 cm³/mol. The van der Waals surface area contributed by atoms with Crippen LogP contribution in [0.2, 0.25) is 0 Å². The van der Waals surface area contributed by atoms with Gasteiger partial charge in [0.05, 0.1) is 0 Å². The van der Waals surface area contributed by atoms with E-state index < -0.39 is 5.41 Å². The molecule has 4 N–H and O–H groups in total. The molecule has 0 bridgehead atoms. The Hall–Kier alpha value is -4.04. The van der Waals surface area contributed by atoms with Crippen molar-refractivity contribution in [3.05, 3.63) is 89.1 Å². The van der Waals surface area contributed by atoms with Crippen LogP contribution in [0.3, 0.4) is 0 Å². The summed E-state index contributed by atoms with van der Waals surface area (Å²) in [7, 11) is 0. The van der Waals surface area contributed by atoms with Gasteiger partial charge in [-0.1, -0.05) is 57.2 Å². The second-order valence-electron chi connectivity index (χ2n) is 10.7. The van der Waals surface area contributed by atoms with Crippen molar-refractivity contribution in [3.8, 4) is 0 Å². The van der Waals surface area contributed by atoms with Crippen molar-refractivity contribution in [1.29, 1.82) is 0 Å². The van der Waals surface area contributed by atoms with E-state index in [0.717, 1.165) is 22.3 Å². The third-order valence-electron chi connectivity index (χ3n) is 6.67. The summed E-state index contributed by atoms with van der Waals surface area (Å²) < 4.78 is 0. The lowest BCUT2D eigenvalue weighted by Crippen LogP contribution is -2.43. The molecule has 1 atom stereocenters. The number of hydrogen-bond donors (Lipinski definition) is 3. The van der Waals surface area contributed by atoms with Crippen molar-refractivity contribution in [1.82, 2.24) is 9.88 Å². The highest BCUT2D eigenvalue weighted by atomic mass is 16.2. The summed E-state index contributed by atoms with van der Waals surface area (Å²) in [6.45, 7) is 6.10. The zero-order chi connectivity index (χ0) is 27.3. The zero-order valence-electron chi connectivity index (χ0n) is 22.2. The lowest BCUT2D eigenvalue weighted by molar-refractivity contribution is -0.142. The maximum absolute atomic E-state index is 13.2. The third kappa shape index (κ3) is 6.63. The number of amides is 3. The highest BCUT2D eigenvalue weighted by molar-refractivity contribution is 5.96. The maximum atomic E-state index is 13.2. The Bertz CT molecular complexity index is 1320. The average molecular weight is 514 g/mol. The number of aromatic nitrogens is 1. The molecule has 1 heterocycles. The first-order chi connectivity index (χ1) is 18.1. The largest absolute Gasteiger partial charge is 0.329 e. The van der Waals surface area contributed by atoms with Gasteiger partial charge in [-0.3, -0.25) is 14.4 Å². The van der Waals surface area contributed by atoms with Gasteiger partial charge >= 0.3 is 0 Å². The number of hydrogen-bond acceptors (Lipinski definition) is 5. The molecule has 4 rings (SSSR count). The van der Waals surface area contributed by atoms with E-state index in [1.807, 2.05) is 69.3 Å². The molecule has 0 aliphatic heterocycles. The molecule has 1 aliphatic carbocycles. The van der Waals surface area contributed by atoms with Crippen molar-refractivity contribution in [2.24, 2.45) is 17.1 Å². The number of rotatable bonds is 8. The van der Waals surface area contributed by atoms with Crippen molar-refractivity contribution in [3.63, 3.8) is 0 Å². The molecule has 0 saturated carbocycles. The molecule has 198 valence electrons. The molecule has 8 heteroatoms. The van der Waals surface area contributed by atoms with Gasteiger partial charge in [-0.25, -0.2) is 4.98 Å². The molecule has 2 aromatic carbocycles. The molecule has 0 saturated heterocycles. The summed E-state index contributed by atoms with van der Waals surface area (Å²) >= 11 is 0. The van der Waals surface area contributed by atoms with E-state index in [1.165, 1.54) is 0 Å². The van der Waals surface area contributed by atoms with E-state index in [1.54, 1.807) is 23.2 Å². The lowest BCUT2D eigenvalue weighted by atomic mass is 9.94. The number of carbonyl (C=O) groups excluding carboxylic acids is 3. The van der Waals surface area contributed by atoms with Gasteiger partial charge in [-0.2, -0.15) is 0 Å². The number of anilines is 2. The second kappa shape index (κ2) is 11.6. The summed E-state index contributed by atoms with van der Waals surface area (Å²) in [6, 6.07) is 18.8. The van der Waals surface area contributed by atoms with Gasteiger partial charge in [0.25, 0.3) is 0 Å². The number of nitrogens with two attached hydrogens (primary N) is 1. The van der Waals surface area contributed by atoms with Crippen LogP contribution in [0.1, 0.15) is 43.0 Å². The number of nitrogens with one attached hydrogen (secondary N) is 2. The number of pyridine rings is 1. The molecule has 3 aromatic rings. The normalized spacial score (nSPS) is 14.5. The smallest absolute Gasteiger partial charge is 0.244 e. The molecular weight excluding hydrogens is 478 g/mol. The van der Waals surface area contributed by atoms with Crippen LogP contribution in [-0.2, 0) is 40.3 Å². The molecule has 1 aromatic heterocycles. The minimum absolute atomic E-state index is 0.0698. The van der Waals surface area contributed by atoms with Crippen molar-refractivity contribution < 1.29 is 14.4 Å². The molecule has 1 aliphatic rings. The van der Waals surface area contributed by atoms with E-state index in [-0.39, 0.29) is 30.2 Å². The van der Waals surface area contributed by atoms with Crippen LogP contribution < -0.4 is 16.4 Å². The summed E-state index contributed by atoms with van der Waals surface area (Å²) in [5.74, 6) is -0.129. The van der Waals surface area contributed by atoms with Gasteiger partial charge in [-0.15, -0.1) is 0 Å². The van der Waals surface area contributed by atoms with Gasteiger partial charge in [0.15, 0.2) is 0 Å². The Morgan fingerprint density at radius 2 is 1.66 bits per heavy atom. The van der Waals surface area contributed by atoms with Gasteiger partial charge in [0, 0.05) is 36.3 Å². The van der Waals surface area contributed by atoms with Crippen molar-refractivity contribution in [2.45, 2.75) is 46.7 Å². The fraction of sp³-hybridized carbons (Fsp3) is 0.333. The van der Waals surface area contributed by atoms with E-state index >= 15 is 0 Å². The molecule has 38 heavy (non-hydrogen) atoms. The summed E-state index contributed by atoms with van der Waals surface area (Å²) in [5, 5.41) is 5.81. The Morgan fingerprint density at radius 1 is 0.947 bits per heavy atom. The summed E-state index contributed by atoms with van der Waals surface area (Å²) in [4.78, 5) is 44.8. The quantitative estimate of drug-likeness (QED) is 0.422. The van der Waals surface area contributed by atoms with Crippen LogP contribution in [0.5, 0.6) is 0 Å². The number of nitrogens with zero attached hydrogens (tertiary/aromatic N) is 2. The van der Waals surface area contributed by atoms with Crippen molar-refractivity contribution >= 4 is 29.2 Å². The Morgan fingerprint density at radius 3 is 2.34 bits per heavy atom. The first kappa shape index (κ1) is 27.0. The minimum atomic E-state index is -0.642. The van der Waals surface area contributed by atoms with E-state index in [9.17, 15) is 14.4 Å². The van der Waals surface area contributed by atoms with Crippen LogP contribution in [0.4, 0.5) is 11.5 Å². The maximum Gasteiger partial charge on any atom is 0.244 e. The molecule has 0 spiro atoms. The van der Waals surface area contributed by atoms with Crippen molar-refractivity contribution in [2.75, 3.05) is 17.2 Å². The van der Waals surface area contributed by atoms with E-state index in [0.29, 0.717) is 37.4 Å². The van der Waals surface area contributed by atoms with Crippen LogP contribution >= 0.6 is 0 Å². The van der Waals surface area contributed by atoms with E-state index in [4.69, 9.17) is 5.73 Å². The SMILES string of the molecule is CC(C)(C)C(=O)N(CC(=O)Nc1ccc2c(c1)C[C@H](C(=O)Nc1ccccn1)C2)Cc1ccccc1CN. The monoisotopic (exact) mass is 513 g/mol. The number of fused-ring (bicyclic) bond motifs is 1. The Kier molecular flexibility index (Phi) is 8.22. The standard InChI is InChI=1S/C30H35N5O3/c1-30(2,3)29(38)35(18-22-9-5-4-8-21(22)17-31)19-27(36)33-25-12-11-20-14-24(15-23(20)16-25)28(37)34-26-10-6-7-13-32-26/h4-13,16,24H,14-15,17-19,31H2,1-3H3,(H,33,36)(H,32,34,37)/t24-/m1/s1. The molecule has 0 unspecified atom stereocenters. The Balaban J connectivity index is 1.42. The van der Waals surface area contributed by atoms with Gasteiger partial charge in [-0.05, 0) is 59.4 Å². The highest BCUT2D eigenvalue weighted by Gasteiger charge is 2.30. The van der Waals surface area contributed by atoms with E-state index in [2.05, 4.69) is 15.6 Å². The van der Waals surface area contributed by atoms with Gasteiger partial charge < -0.3 is 21.3 Å². The molecule has 3 amide bonds. The molecule has 8 nitrogen and oxygen atoms in total. The highest BCUT2D eigenvalue weighted by Crippen LogP contribution is 2.30. The second-order valence-corrected chi connectivity index (χ2v) is 10.7. The topological polar surface area (TPSA) is 117 Å². The zero-order valence-corrected chi connectivity index (χ0v) is 22.2. The van der Waals surface area contributed by atoms with Crippen LogP contribution in [-0.4, -0.2) is 34.2 Å². The average Bonchev–Trinajstić information content (AvgIpc) is 3.32. The van der Waals surface area contributed by atoms with Crippen LogP contribution in [0, 0.1) is 11.3 Å². The van der Waals surface area contributed by atoms with Gasteiger partial charge in [0.1, 0.15) is 12.4 Å². The minimum Gasteiger partial charge on any atom is -0.329 e. The summed E-state index contributed by atoms with van der Waals surface area (Å²) in [6.07, 6.45) is 2.86. The number of carbonyl (C=O) groups is 3. The molecule has 0 radical (unpaired) electrons.